The van der Waals surface area contributed by atoms with E-state index in [4.69, 9.17) is 5.73 Å². The van der Waals surface area contributed by atoms with Crippen LogP contribution in [0.2, 0.25) is 0 Å². The second-order valence-corrected chi connectivity index (χ2v) is 4.16. The highest BCUT2D eigenvalue weighted by Crippen LogP contribution is 2.34. The van der Waals surface area contributed by atoms with E-state index in [0.29, 0.717) is 5.56 Å². The number of nitrogens with two attached hydrogens (primary N) is 1. The molecule has 1 aliphatic carbocycles. The average Bonchev–Trinajstić information content (AvgIpc) is 2.12. The van der Waals surface area contributed by atoms with Crippen LogP contribution < -0.4 is 5.73 Å². The Bertz CT molecular complexity index is 307. The minimum atomic E-state index is -0.167. The molecule has 1 atom stereocenters. The Labute approximate surface area is 84.1 Å². The first-order chi connectivity index (χ1) is 6.77. The van der Waals surface area contributed by atoms with E-state index >= 15 is 0 Å². The minimum Gasteiger partial charge on any atom is -0.324 e. The van der Waals surface area contributed by atoms with Crippen molar-refractivity contribution < 1.29 is 4.39 Å². The Balaban J connectivity index is 2.02. The molecule has 2 heteroatoms. The molecule has 0 heterocycles. The highest BCUT2D eigenvalue weighted by atomic mass is 19.1. The molecule has 76 valence electrons. The Morgan fingerprint density at radius 3 is 2.64 bits per heavy atom. The summed E-state index contributed by atoms with van der Waals surface area (Å²) in [4.78, 5) is 0. The number of halogens is 1. The Kier molecular flexibility index (Phi) is 2.82. The lowest BCUT2D eigenvalue weighted by Crippen LogP contribution is -2.20. The zero-order valence-corrected chi connectivity index (χ0v) is 8.25. The summed E-state index contributed by atoms with van der Waals surface area (Å²) in [5.74, 6) is 0.559. The Morgan fingerprint density at radius 2 is 2.07 bits per heavy atom. The fourth-order valence-corrected chi connectivity index (χ4v) is 1.99. The van der Waals surface area contributed by atoms with E-state index in [-0.39, 0.29) is 11.9 Å². The second kappa shape index (κ2) is 4.09. The molecule has 0 spiro atoms. The van der Waals surface area contributed by atoms with Gasteiger partial charge in [-0.1, -0.05) is 37.5 Å². The summed E-state index contributed by atoms with van der Waals surface area (Å²) in [5.41, 5.74) is 6.63. The summed E-state index contributed by atoms with van der Waals surface area (Å²) >= 11 is 0. The van der Waals surface area contributed by atoms with Gasteiger partial charge in [-0.15, -0.1) is 0 Å². The normalized spacial score (nSPS) is 19.0. The molecule has 1 saturated carbocycles. The van der Waals surface area contributed by atoms with E-state index in [2.05, 4.69) is 0 Å². The standard InChI is InChI=1S/C12H16FN/c13-11-7-2-1-6-10(11)12(14)8-9-4-3-5-9/h1-2,6-7,9,12H,3-5,8,14H2/t12-/m1/s1. The lowest BCUT2D eigenvalue weighted by molar-refractivity contribution is 0.275. The molecule has 0 aromatic heterocycles. The minimum absolute atomic E-state index is 0.124. The van der Waals surface area contributed by atoms with Crippen LogP contribution in [-0.2, 0) is 0 Å². The van der Waals surface area contributed by atoms with E-state index in [0.717, 1.165) is 12.3 Å². The van der Waals surface area contributed by atoms with Crippen LogP contribution in [0.1, 0.15) is 37.3 Å². The first-order valence-corrected chi connectivity index (χ1v) is 5.27. The van der Waals surface area contributed by atoms with Crippen LogP contribution in [0.25, 0.3) is 0 Å². The van der Waals surface area contributed by atoms with Crippen molar-refractivity contribution in [1.82, 2.24) is 0 Å². The molecule has 0 bridgehead atoms. The van der Waals surface area contributed by atoms with E-state index in [1.807, 2.05) is 6.07 Å². The van der Waals surface area contributed by atoms with Gasteiger partial charge < -0.3 is 5.73 Å². The third kappa shape index (κ3) is 1.95. The summed E-state index contributed by atoms with van der Waals surface area (Å²) < 4.78 is 13.3. The first-order valence-electron chi connectivity index (χ1n) is 5.27. The van der Waals surface area contributed by atoms with E-state index in [1.165, 1.54) is 25.3 Å². The zero-order chi connectivity index (χ0) is 9.97. The average molecular weight is 193 g/mol. The maximum atomic E-state index is 13.3. The highest BCUT2D eigenvalue weighted by molar-refractivity contribution is 5.20. The van der Waals surface area contributed by atoms with Crippen molar-refractivity contribution >= 4 is 0 Å². The predicted molar refractivity (Wildman–Crippen MR) is 55.3 cm³/mol. The van der Waals surface area contributed by atoms with Crippen molar-refractivity contribution in [3.63, 3.8) is 0 Å². The van der Waals surface area contributed by atoms with Crippen molar-refractivity contribution in [2.75, 3.05) is 0 Å². The summed E-state index contributed by atoms with van der Waals surface area (Å²) in [5, 5.41) is 0. The highest BCUT2D eigenvalue weighted by Gasteiger charge is 2.22. The second-order valence-electron chi connectivity index (χ2n) is 4.16. The van der Waals surface area contributed by atoms with Crippen LogP contribution in [0.15, 0.2) is 24.3 Å². The summed E-state index contributed by atoms with van der Waals surface area (Å²) in [6.07, 6.45) is 4.78. The molecule has 0 saturated heterocycles. The van der Waals surface area contributed by atoms with Gasteiger partial charge in [0.2, 0.25) is 0 Å². The molecular weight excluding hydrogens is 177 g/mol. The third-order valence-corrected chi connectivity index (χ3v) is 3.12. The van der Waals surface area contributed by atoms with Crippen molar-refractivity contribution in [2.45, 2.75) is 31.7 Å². The van der Waals surface area contributed by atoms with E-state index in [1.54, 1.807) is 12.1 Å². The molecular formula is C12H16FN. The van der Waals surface area contributed by atoms with Crippen molar-refractivity contribution in [3.05, 3.63) is 35.6 Å². The first kappa shape index (κ1) is 9.66. The lowest BCUT2D eigenvalue weighted by atomic mass is 9.80. The van der Waals surface area contributed by atoms with Gasteiger partial charge in [0.25, 0.3) is 0 Å². The van der Waals surface area contributed by atoms with Crippen LogP contribution in [0.3, 0.4) is 0 Å². The van der Waals surface area contributed by atoms with Gasteiger partial charge in [0, 0.05) is 11.6 Å². The Morgan fingerprint density at radius 1 is 1.36 bits per heavy atom. The number of rotatable bonds is 3. The number of hydrogen-bond donors (Lipinski definition) is 1. The maximum absolute atomic E-state index is 13.3. The van der Waals surface area contributed by atoms with Crippen molar-refractivity contribution in [3.8, 4) is 0 Å². The van der Waals surface area contributed by atoms with Crippen molar-refractivity contribution in [1.29, 1.82) is 0 Å². The third-order valence-electron chi connectivity index (χ3n) is 3.12. The molecule has 1 aromatic rings. The Hall–Kier alpha value is -0.890. The molecule has 1 aromatic carbocycles. The molecule has 14 heavy (non-hydrogen) atoms. The fourth-order valence-electron chi connectivity index (χ4n) is 1.99. The van der Waals surface area contributed by atoms with Gasteiger partial charge in [-0.05, 0) is 18.4 Å². The predicted octanol–water partition coefficient (Wildman–Crippen LogP) is 3.02. The van der Waals surface area contributed by atoms with Gasteiger partial charge >= 0.3 is 0 Å². The molecule has 1 nitrogen and oxygen atoms in total. The topological polar surface area (TPSA) is 26.0 Å². The van der Waals surface area contributed by atoms with E-state index in [9.17, 15) is 4.39 Å². The smallest absolute Gasteiger partial charge is 0.127 e. The van der Waals surface area contributed by atoms with Gasteiger partial charge in [0.1, 0.15) is 5.82 Å². The van der Waals surface area contributed by atoms with Crippen LogP contribution in [-0.4, -0.2) is 0 Å². The van der Waals surface area contributed by atoms with Gasteiger partial charge in [-0.2, -0.15) is 0 Å². The van der Waals surface area contributed by atoms with Gasteiger partial charge in [-0.3, -0.25) is 0 Å². The van der Waals surface area contributed by atoms with Crippen LogP contribution >= 0.6 is 0 Å². The summed E-state index contributed by atoms with van der Waals surface area (Å²) in [7, 11) is 0. The quantitative estimate of drug-likeness (QED) is 0.784. The maximum Gasteiger partial charge on any atom is 0.127 e. The number of hydrogen-bond acceptors (Lipinski definition) is 1. The fraction of sp³-hybridized carbons (Fsp3) is 0.500. The van der Waals surface area contributed by atoms with Gasteiger partial charge in [-0.25, -0.2) is 4.39 Å². The zero-order valence-electron chi connectivity index (χ0n) is 8.25. The molecule has 1 fully saturated rings. The van der Waals surface area contributed by atoms with Gasteiger partial charge in [0.15, 0.2) is 0 Å². The monoisotopic (exact) mass is 193 g/mol. The van der Waals surface area contributed by atoms with Crippen LogP contribution in [0.4, 0.5) is 4.39 Å². The molecule has 0 unspecified atom stereocenters. The molecule has 2 N–H and O–H groups in total. The lowest BCUT2D eigenvalue weighted by Gasteiger charge is -2.28. The molecule has 0 amide bonds. The van der Waals surface area contributed by atoms with Crippen molar-refractivity contribution in [2.24, 2.45) is 11.7 Å². The summed E-state index contributed by atoms with van der Waals surface area (Å²) in [6, 6.07) is 6.70. The van der Waals surface area contributed by atoms with Crippen LogP contribution in [0, 0.1) is 11.7 Å². The molecule has 0 aliphatic heterocycles. The SMILES string of the molecule is N[C@H](CC1CCC1)c1ccccc1F. The number of benzene rings is 1. The molecule has 2 rings (SSSR count). The summed E-state index contributed by atoms with van der Waals surface area (Å²) in [6.45, 7) is 0. The molecule has 1 aliphatic rings. The van der Waals surface area contributed by atoms with E-state index < -0.39 is 0 Å². The largest absolute Gasteiger partial charge is 0.324 e. The van der Waals surface area contributed by atoms with Crippen LogP contribution in [0.5, 0.6) is 0 Å². The molecule has 0 radical (unpaired) electrons. The van der Waals surface area contributed by atoms with Gasteiger partial charge in [0.05, 0.1) is 0 Å².